The van der Waals surface area contributed by atoms with Crippen molar-refractivity contribution in [2.45, 2.75) is 32.2 Å². The van der Waals surface area contributed by atoms with E-state index in [0.29, 0.717) is 5.92 Å². The highest BCUT2D eigenvalue weighted by molar-refractivity contribution is 5.40. The zero-order chi connectivity index (χ0) is 15.8. The Balaban J connectivity index is 1.47. The Morgan fingerprint density at radius 1 is 1.22 bits per heavy atom. The van der Waals surface area contributed by atoms with Crippen molar-refractivity contribution in [2.75, 3.05) is 13.1 Å². The number of nitrogens with zero attached hydrogens (tertiary/aromatic N) is 5. The molecule has 5 heteroatoms. The van der Waals surface area contributed by atoms with Crippen molar-refractivity contribution >= 4 is 5.65 Å². The second-order valence-corrected chi connectivity index (χ2v) is 6.59. The first-order chi connectivity index (χ1) is 11.2. The Morgan fingerprint density at radius 3 is 2.78 bits per heavy atom. The topological polar surface area (TPSA) is 38.4 Å². The number of rotatable bonds is 3. The van der Waals surface area contributed by atoms with Crippen LogP contribution in [-0.2, 0) is 13.6 Å². The van der Waals surface area contributed by atoms with E-state index < -0.39 is 0 Å². The molecule has 4 rings (SSSR count). The molecule has 1 saturated heterocycles. The van der Waals surface area contributed by atoms with Gasteiger partial charge in [-0.3, -0.25) is 4.90 Å². The molecule has 0 unspecified atom stereocenters. The summed E-state index contributed by atoms with van der Waals surface area (Å²) in [5.74, 6) is 0.574. The quantitative estimate of drug-likeness (QED) is 0.747. The van der Waals surface area contributed by atoms with Gasteiger partial charge in [-0.05, 0) is 51.1 Å². The number of fused-ring (bicyclic) bond motifs is 1. The summed E-state index contributed by atoms with van der Waals surface area (Å²) in [5, 5.41) is 4.62. The molecule has 23 heavy (non-hydrogen) atoms. The maximum atomic E-state index is 4.62. The van der Waals surface area contributed by atoms with E-state index in [4.69, 9.17) is 0 Å². The normalized spacial score (nSPS) is 17.1. The Bertz CT molecular complexity index is 808. The van der Waals surface area contributed by atoms with Gasteiger partial charge in [-0.1, -0.05) is 0 Å². The molecule has 0 atom stereocenters. The second-order valence-electron chi connectivity index (χ2n) is 6.59. The van der Waals surface area contributed by atoms with Gasteiger partial charge >= 0.3 is 0 Å². The third-order valence-electron chi connectivity index (χ3n) is 4.95. The molecular weight excluding hydrogens is 286 g/mol. The zero-order valence-corrected chi connectivity index (χ0v) is 13.8. The van der Waals surface area contributed by atoms with Crippen LogP contribution < -0.4 is 0 Å². The van der Waals surface area contributed by atoms with Crippen molar-refractivity contribution in [2.24, 2.45) is 7.05 Å². The average Bonchev–Trinajstić information content (AvgIpc) is 3.13. The smallest absolute Gasteiger partial charge is 0.155 e. The first-order valence-corrected chi connectivity index (χ1v) is 8.34. The first-order valence-electron chi connectivity index (χ1n) is 8.34. The number of aryl methyl sites for hydroxylation is 2. The molecule has 120 valence electrons. The predicted octanol–water partition coefficient (Wildman–Crippen LogP) is 2.76. The molecule has 0 bridgehead atoms. The standard InChI is InChI=1S/C18H23N5/c1-14-12-18-19-8-5-17(23(18)20-14)15-6-10-22(11-7-15)13-16-4-3-9-21(16)2/h3-5,8-9,12,15H,6-7,10-11,13H2,1-2H3. The van der Waals surface area contributed by atoms with Crippen LogP contribution >= 0.6 is 0 Å². The highest BCUT2D eigenvalue weighted by atomic mass is 15.3. The number of likely N-dealkylation sites (tertiary alicyclic amines) is 1. The first kappa shape index (κ1) is 14.5. The molecule has 5 nitrogen and oxygen atoms in total. The third kappa shape index (κ3) is 2.77. The van der Waals surface area contributed by atoms with Crippen LogP contribution in [0, 0.1) is 6.92 Å². The lowest BCUT2D eigenvalue weighted by Gasteiger charge is -2.32. The second kappa shape index (κ2) is 5.81. The van der Waals surface area contributed by atoms with Crippen LogP contribution in [0.2, 0.25) is 0 Å². The molecule has 1 aliphatic heterocycles. The molecule has 0 N–H and O–H groups in total. The van der Waals surface area contributed by atoms with E-state index in [9.17, 15) is 0 Å². The molecule has 0 aromatic carbocycles. The largest absolute Gasteiger partial charge is 0.353 e. The van der Waals surface area contributed by atoms with Gasteiger partial charge in [-0.15, -0.1) is 0 Å². The summed E-state index contributed by atoms with van der Waals surface area (Å²) >= 11 is 0. The summed E-state index contributed by atoms with van der Waals surface area (Å²) in [7, 11) is 2.12. The van der Waals surface area contributed by atoms with Crippen molar-refractivity contribution in [3.05, 3.63) is 53.7 Å². The lowest BCUT2D eigenvalue weighted by atomic mass is 9.93. The number of aromatic nitrogens is 4. The van der Waals surface area contributed by atoms with Crippen LogP contribution in [0.1, 0.15) is 35.8 Å². The highest BCUT2D eigenvalue weighted by Gasteiger charge is 2.23. The molecule has 1 aliphatic rings. The maximum Gasteiger partial charge on any atom is 0.155 e. The van der Waals surface area contributed by atoms with Gasteiger partial charge in [0, 0.05) is 49.4 Å². The summed E-state index contributed by atoms with van der Waals surface area (Å²) in [6.45, 7) is 5.35. The monoisotopic (exact) mass is 309 g/mol. The van der Waals surface area contributed by atoms with Crippen LogP contribution in [0.25, 0.3) is 5.65 Å². The van der Waals surface area contributed by atoms with Gasteiger partial charge in [-0.2, -0.15) is 5.10 Å². The van der Waals surface area contributed by atoms with E-state index in [-0.39, 0.29) is 0 Å². The van der Waals surface area contributed by atoms with Crippen LogP contribution in [0.4, 0.5) is 0 Å². The van der Waals surface area contributed by atoms with E-state index in [2.05, 4.69) is 51.0 Å². The van der Waals surface area contributed by atoms with E-state index in [1.165, 1.54) is 24.2 Å². The summed E-state index contributed by atoms with van der Waals surface area (Å²) in [6, 6.07) is 8.52. The predicted molar refractivity (Wildman–Crippen MR) is 90.4 cm³/mol. The van der Waals surface area contributed by atoms with Gasteiger partial charge in [0.2, 0.25) is 0 Å². The van der Waals surface area contributed by atoms with Crippen molar-refractivity contribution in [3.8, 4) is 0 Å². The van der Waals surface area contributed by atoms with Crippen molar-refractivity contribution in [1.82, 2.24) is 24.1 Å². The summed E-state index contributed by atoms with van der Waals surface area (Å²) in [5.41, 5.74) is 4.69. The van der Waals surface area contributed by atoms with Crippen molar-refractivity contribution in [1.29, 1.82) is 0 Å². The molecule has 3 aromatic rings. The van der Waals surface area contributed by atoms with Crippen molar-refractivity contribution in [3.63, 3.8) is 0 Å². The van der Waals surface area contributed by atoms with Crippen LogP contribution in [0.15, 0.2) is 36.7 Å². The number of piperidine rings is 1. The highest BCUT2D eigenvalue weighted by Crippen LogP contribution is 2.28. The summed E-state index contributed by atoms with van der Waals surface area (Å²) in [6.07, 6.45) is 6.41. The van der Waals surface area contributed by atoms with Crippen LogP contribution in [-0.4, -0.2) is 37.2 Å². The molecule has 0 spiro atoms. The van der Waals surface area contributed by atoms with Gasteiger partial charge in [0.25, 0.3) is 0 Å². The van der Waals surface area contributed by atoms with Gasteiger partial charge in [0.1, 0.15) is 0 Å². The average molecular weight is 309 g/mol. The molecule has 3 aromatic heterocycles. The van der Waals surface area contributed by atoms with E-state index in [1.54, 1.807) is 0 Å². The molecule has 0 radical (unpaired) electrons. The van der Waals surface area contributed by atoms with Gasteiger partial charge in [0.15, 0.2) is 5.65 Å². The van der Waals surface area contributed by atoms with Crippen LogP contribution in [0.5, 0.6) is 0 Å². The lowest BCUT2D eigenvalue weighted by Crippen LogP contribution is -2.33. The zero-order valence-electron chi connectivity index (χ0n) is 13.8. The third-order valence-corrected chi connectivity index (χ3v) is 4.95. The molecule has 0 aliphatic carbocycles. The fraction of sp³-hybridized carbons (Fsp3) is 0.444. The molecule has 4 heterocycles. The fourth-order valence-electron chi connectivity index (χ4n) is 3.61. The molecule has 0 saturated carbocycles. The van der Waals surface area contributed by atoms with Crippen molar-refractivity contribution < 1.29 is 0 Å². The van der Waals surface area contributed by atoms with Gasteiger partial charge in [0.05, 0.1) is 5.69 Å². The minimum atomic E-state index is 0.574. The van der Waals surface area contributed by atoms with E-state index in [1.807, 2.05) is 23.7 Å². The Labute approximate surface area is 136 Å². The minimum absolute atomic E-state index is 0.574. The minimum Gasteiger partial charge on any atom is -0.353 e. The summed E-state index contributed by atoms with van der Waals surface area (Å²) < 4.78 is 4.25. The molecule has 0 amide bonds. The molecule has 1 fully saturated rings. The van der Waals surface area contributed by atoms with E-state index in [0.717, 1.165) is 31.0 Å². The number of hydrogen-bond donors (Lipinski definition) is 0. The van der Waals surface area contributed by atoms with Gasteiger partial charge in [-0.25, -0.2) is 9.50 Å². The maximum absolute atomic E-state index is 4.62. The Hall–Kier alpha value is -2.14. The Morgan fingerprint density at radius 2 is 2.04 bits per heavy atom. The van der Waals surface area contributed by atoms with Gasteiger partial charge < -0.3 is 4.57 Å². The molecular formula is C18H23N5. The summed E-state index contributed by atoms with van der Waals surface area (Å²) in [4.78, 5) is 6.97. The van der Waals surface area contributed by atoms with Crippen LogP contribution in [0.3, 0.4) is 0 Å². The van der Waals surface area contributed by atoms with E-state index >= 15 is 0 Å². The lowest BCUT2D eigenvalue weighted by molar-refractivity contribution is 0.198. The Kier molecular flexibility index (Phi) is 3.65. The fourth-order valence-corrected chi connectivity index (χ4v) is 3.61. The number of hydrogen-bond acceptors (Lipinski definition) is 3. The SMILES string of the molecule is Cc1cc2nccc(C3CCN(Cc4cccn4C)CC3)n2n1.